The van der Waals surface area contributed by atoms with Crippen LogP contribution in [0.4, 0.5) is 0 Å². The Morgan fingerprint density at radius 2 is 2.21 bits per heavy atom. The molecule has 0 bridgehead atoms. The van der Waals surface area contributed by atoms with E-state index in [0.717, 1.165) is 19.4 Å². The molecule has 1 saturated heterocycles. The lowest BCUT2D eigenvalue weighted by Gasteiger charge is -2.65. The molecule has 5 heteroatoms. The molecule has 1 saturated carbocycles. The van der Waals surface area contributed by atoms with Gasteiger partial charge in [0.05, 0.1) is 12.2 Å². The number of aliphatic hydroxyl groups excluding tert-OH is 1. The van der Waals surface area contributed by atoms with Crippen LogP contribution in [0.15, 0.2) is 0 Å². The standard InChI is InChI=1S/C14H26N2O3/c1-9(17)8-16(4)12(18)14(15)10-6-5-7-19-11(10)13(14,2)3/h9-11,17H,5-8,15H2,1-4H3. The van der Waals surface area contributed by atoms with Gasteiger partial charge in [0, 0.05) is 31.5 Å². The maximum atomic E-state index is 12.7. The molecule has 3 N–H and O–H groups in total. The number of amides is 1. The van der Waals surface area contributed by atoms with Crippen LogP contribution in [0.2, 0.25) is 0 Å². The summed E-state index contributed by atoms with van der Waals surface area (Å²) in [4.78, 5) is 14.2. The first kappa shape index (κ1) is 14.8. The second kappa shape index (κ2) is 4.72. The molecule has 4 atom stereocenters. The molecular formula is C14H26N2O3. The molecule has 0 aromatic rings. The van der Waals surface area contributed by atoms with Gasteiger partial charge in [-0.05, 0) is 19.8 Å². The van der Waals surface area contributed by atoms with E-state index >= 15 is 0 Å². The number of nitrogens with zero attached hydrogens (tertiary/aromatic N) is 1. The number of carbonyl (C=O) groups is 1. The maximum Gasteiger partial charge on any atom is 0.243 e. The molecule has 19 heavy (non-hydrogen) atoms. The molecule has 0 spiro atoms. The third kappa shape index (κ3) is 1.99. The fraction of sp³-hybridized carbons (Fsp3) is 0.929. The molecule has 2 aliphatic rings. The first-order valence-electron chi connectivity index (χ1n) is 7.07. The highest BCUT2D eigenvalue weighted by Crippen LogP contribution is 2.57. The van der Waals surface area contributed by atoms with Crippen LogP contribution in [0, 0.1) is 11.3 Å². The maximum absolute atomic E-state index is 12.7. The van der Waals surface area contributed by atoms with Crippen LogP contribution in [0.3, 0.4) is 0 Å². The fourth-order valence-corrected chi connectivity index (χ4v) is 3.81. The van der Waals surface area contributed by atoms with Gasteiger partial charge in [0.1, 0.15) is 5.54 Å². The minimum absolute atomic E-state index is 0.0786. The highest BCUT2D eigenvalue weighted by atomic mass is 16.5. The Hall–Kier alpha value is -0.650. The third-order valence-corrected chi connectivity index (χ3v) is 4.92. The highest BCUT2D eigenvalue weighted by Gasteiger charge is 2.70. The molecule has 1 amide bonds. The van der Waals surface area contributed by atoms with Crippen molar-refractivity contribution in [3.63, 3.8) is 0 Å². The Balaban J connectivity index is 2.19. The third-order valence-electron chi connectivity index (χ3n) is 4.92. The molecule has 4 unspecified atom stereocenters. The van der Waals surface area contributed by atoms with Crippen molar-refractivity contribution in [1.29, 1.82) is 0 Å². The Morgan fingerprint density at radius 3 is 2.79 bits per heavy atom. The smallest absolute Gasteiger partial charge is 0.243 e. The van der Waals surface area contributed by atoms with Crippen LogP contribution in [0.25, 0.3) is 0 Å². The van der Waals surface area contributed by atoms with Gasteiger partial charge in [0.25, 0.3) is 0 Å². The molecule has 0 aromatic heterocycles. The van der Waals surface area contributed by atoms with E-state index in [1.54, 1.807) is 18.9 Å². The summed E-state index contributed by atoms with van der Waals surface area (Å²) in [6.07, 6.45) is 1.44. The first-order chi connectivity index (χ1) is 8.73. The number of fused-ring (bicyclic) bond motifs is 1. The van der Waals surface area contributed by atoms with E-state index in [9.17, 15) is 9.90 Å². The van der Waals surface area contributed by atoms with Crippen molar-refractivity contribution < 1.29 is 14.6 Å². The molecule has 1 aliphatic heterocycles. The lowest BCUT2D eigenvalue weighted by molar-refractivity contribution is -0.229. The number of ether oxygens (including phenoxy) is 1. The number of nitrogens with two attached hydrogens (primary N) is 1. The largest absolute Gasteiger partial charge is 0.392 e. The molecule has 110 valence electrons. The van der Waals surface area contributed by atoms with Gasteiger partial charge in [-0.3, -0.25) is 4.79 Å². The molecule has 2 fully saturated rings. The van der Waals surface area contributed by atoms with Crippen molar-refractivity contribution in [2.45, 2.75) is 51.4 Å². The predicted octanol–water partition coefficient (Wildman–Crippen LogP) is 0.358. The molecule has 0 radical (unpaired) electrons. The summed E-state index contributed by atoms with van der Waals surface area (Å²) in [5.74, 6) is 0.0188. The number of rotatable bonds is 3. The molecular weight excluding hydrogens is 244 g/mol. The average Bonchev–Trinajstić information content (AvgIpc) is 2.36. The number of aliphatic hydroxyl groups is 1. The van der Waals surface area contributed by atoms with Crippen molar-refractivity contribution >= 4 is 5.91 Å². The average molecular weight is 270 g/mol. The second-order valence-corrected chi connectivity index (χ2v) is 6.67. The van der Waals surface area contributed by atoms with Gasteiger partial charge in [-0.15, -0.1) is 0 Å². The summed E-state index contributed by atoms with van der Waals surface area (Å²) in [6.45, 7) is 6.76. The number of likely N-dealkylation sites (N-methyl/N-ethyl adjacent to an activating group) is 1. The summed E-state index contributed by atoms with van der Waals surface area (Å²) in [6, 6.07) is 0. The zero-order valence-corrected chi connectivity index (χ0v) is 12.3. The van der Waals surface area contributed by atoms with E-state index in [1.807, 2.05) is 13.8 Å². The molecule has 0 aromatic carbocycles. The first-order valence-corrected chi connectivity index (χ1v) is 7.07. The molecule has 1 aliphatic carbocycles. The Morgan fingerprint density at radius 1 is 1.58 bits per heavy atom. The zero-order chi connectivity index (χ0) is 14.4. The Bertz CT molecular complexity index is 370. The van der Waals surface area contributed by atoms with Crippen LogP contribution in [0.5, 0.6) is 0 Å². The number of carbonyl (C=O) groups excluding carboxylic acids is 1. The van der Waals surface area contributed by atoms with Crippen molar-refractivity contribution in [3.8, 4) is 0 Å². The van der Waals surface area contributed by atoms with E-state index in [2.05, 4.69) is 0 Å². The lowest BCUT2D eigenvalue weighted by atomic mass is 9.46. The van der Waals surface area contributed by atoms with Crippen LogP contribution in [-0.4, -0.2) is 53.9 Å². The van der Waals surface area contributed by atoms with Crippen molar-refractivity contribution in [3.05, 3.63) is 0 Å². The topological polar surface area (TPSA) is 75.8 Å². The Labute approximate surface area is 115 Å². The van der Waals surface area contributed by atoms with Gasteiger partial charge in [-0.2, -0.15) is 0 Å². The van der Waals surface area contributed by atoms with Crippen molar-refractivity contribution in [2.75, 3.05) is 20.2 Å². The van der Waals surface area contributed by atoms with Crippen molar-refractivity contribution in [1.82, 2.24) is 4.90 Å². The summed E-state index contributed by atoms with van der Waals surface area (Å²) in [7, 11) is 1.71. The van der Waals surface area contributed by atoms with E-state index in [1.165, 1.54) is 0 Å². The second-order valence-electron chi connectivity index (χ2n) is 6.67. The van der Waals surface area contributed by atoms with Gasteiger partial charge in [-0.25, -0.2) is 0 Å². The minimum Gasteiger partial charge on any atom is -0.392 e. The summed E-state index contributed by atoms with van der Waals surface area (Å²) >= 11 is 0. The van der Waals surface area contributed by atoms with Crippen LogP contribution in [0.1, 0.15) is 33.6 Å². The molecule has 2 rings (SSSR count). The van der Waals surface area contributed by atoms with Gasteiger partial charge < -0.3 is 20.5 Å². The quantitative estimate of drug-likeness (QED) is 0.776. The van der Waals surface area contributed by atoms with E-state index in [-0.39, 0.29) is 23.3 Å². The summed E-state index contributed by atoms with van der Waals surface area (Å²) in [5.41, 5.74) is 5.27. The van der Waals surface area contributed by atoms with Crippen molar-refractivity contribution in [2.24, 2.45) is 17.1 Å². The van der Waals surface area contributed by atoms with Gasteiger partial charge in [0.2, 0.25) is 5.91 Å². The minimum atomic E-state index is -0.873. The van der Waals surface area contributed by atoms with Crippen LogP contribution < -0.4 is 5.73 Å². The Kier molecular flexibility index (Phi) is 3.66. The van der Waals surface area contributed by atoms with Crippen LogP contribution >= 0.6 is 0 Å². The van der Waals surface area contributed by atoms with Gasteiger partial charge in [-0.1, -0.05) is 13.8 Å². The predicted molar refractivity (Wildman–Crippen MR) is 72.5 cm³/mol. The lowest BCUT2D eigenvalue weighted by Crippen LogP contribution is -2.82. The normalized spacial score (nSPS) is 38.0. The summed E-state index contributed by atoms with van der Waals surface area (Å²) < 4.78 is 5.80. The SMILES string of the molecule is CC(O)CN(C)C(=O)C1(N)C2CCCOC2C1(C)C. The van der Waals surface area contributed by atoms with E-state index in [0.29, 0.717) is 6.54 Å². The number of hydrogen-bond acceptors (Lipinski definition) is 4. The fourth-order valence-electron chi connectivity index (χ4n) is 3.81. The molecule has 5 nitrogen and oxygen atoms in total. The monoisotopic (exact) mass is 270 g/mol. The van der Waals surface area contributed by atoms with E-state index < -0.39 is 11.6 Å². The summed E-state index contributed by atoms with van der Waals surface area (Å²) in [5, 5.41) is 9.43. The highest BCUT2D eigenvalue weighted by molar-refractivity contribution is 5.89. The molecule has 1 heterocycles. The van der Waals surface area contributed by atoms with E-state index in [4.69, 9.17) is 10.5 Å². The number of hydrogen-bond donors (Lipinski definition) is 2. The van der Waals surface area contributed by atoms with Crippen LogP contribution in [-0.2, 0) is 9.53 Å². The zero-order valence-electron chi connectivity index (χ0n) is 12.3. The van der Waals surface area contributed by atoms with Gasteiger partial charge in [0.15, 0.2) is 0 Å². The van der Waals surface area contributed by atoms with Gasteiger partial charge >= 0.3 is 0 Å².